The van der Waals surface area contributed by atoms with Gasteiger partial charge in [0.25, 0.3) is 0 Å². The second kappa shape index (κ2) is 4.31. The van der Waals surface area contributed by atoms with Crippen LogP contribution in [0.1, 0.15) is 42.9 Å². The van der Waals surface area contributed by atoms with Crippen molar-refractivity contribution in [1.29, 1.82) is 0 Å². The molecule has 8 heteroatoms. The topological polar surface area (TPSA) is 120 Å². The van der Waals surface area contributed by atoms with Crippen molar-refractivity contribution < 1.29 is 33.4 Å². The van der Waals surface area contributed by atoms with Gasteiger partial charge in [0.15, 0.2) is 0 Å². The fourth-order valence-electron chi connectivity index (χ4n) is 3.11. The number of carbonyl (C=O) groups excluding carboxylic acids is 3. The van der Waals surface area contributed by atoms with E-state index in [9.17, 15) is 24.3 Å². The van der Waals surface area contributed by atoms with Gasteiger partial charge in [-0.25, -0.2) is 14.4 Å². The summed E-state index contributed by atoms with van der Waals surface area (Å²) in [6.45, 7) is 0. The van der Waals surface area contributed by atoms with Crippen LogP contribution >= 0.6 is 0 Å². The molecule has 0 bridgehead atoms. The van der Waals surface area contributed by atoms with Gasteiger partial charge in [-0.3, -0.25) is 4.79 Å². The number of cyclic esters (lactones) is 3. The second-order valence-corrected chi connectivity index (χ2v) is 5.70. The molecule has 0 spiro atoms. The van der Waals surface area contributed by atoms with E-state index in [4.69, 9.17) is 9.15 Å². The van der Waals surface area contributed by atoms with E-state index in [-0.39, 0.29) is 44.2 Å². The van der Waals surface area contributed by atoms with Gasteiger partial charge in [-0.05, 0) is 24.3 Å². The van der Waals surface area contributed by atoms with Gasteiger partial charge in [0, 0.05) is 5.56 Å². The maximum Gasteiger partial charge on any atom is 0.347 e. The molecule has 1 N–H and O–H groups in total. The van der Waals surface area contributed by atoms with Crippen LogP contribution in [0.25, 0.3) is 21.9 Å². The van der Waals surface area contributed by atoms with Gasteiger partial charge in [0.1, 0.15) is 11.2 Å². The van der Waals surface area contributed by atoms with Crippen molar-refractivity contribution in [3.63, 3.8) is 0 Å². The van der Waals surface area contributed by atoms with E-state index in [2.05, 4.69) is 4.74 Å². The minimum Gasteiger partial charge on any atom is -0.456 e. The molecule has 5 rings (SSSR count). The van der Waals surface area contributed by atoms with Crippen LogP contribution in [0.15, 0.2) is 33.5 Å². The molecule has 2 aliphatic heterocycles. The molecule has 2 aliphatic rings. The van der Waals surface area contributed by atoms with Crippen LogP contribution in [-0.4, -0.2) is 23.0 Å². The normalized spacial score (nSPS) is 18.4. The molecular formula is C17H6O8. The lowest BCUT2D eigenvalue weighted by Crippen LogP contribution is -2.06. The minimum absolute atomic E-state index is 0.0102. The SMILES string of the molecule is O=C1OC(=O)c2cc3c(=O)c4cc5c(cc4oc3cc21)C(=O)OC5O. The van der Waals surface area contributed by atoms with Gasteiger partial charge in [-0.2, -0.15) is 0 Å². The summed E-state index contributed by atoms with van der Waals surface area (Å²) in [4.78, 5) is 47.8. The van der Waals surface area contributed by atoms with Gasteiger partial charge < -0.3 is 19.0 Å². The summed E-state index contributed by atoms with van der Waals surface area (Å²) in [5, 5.41) is 9.93. The molecule has 1 unspecified atom stereocenters. The van der Waals surface area contributed by atoms with E-state index in [1.807, 2.05) is 0 Å². The first kappa shape index (κ1) is 13.9. The number of rotatable bonds is 0. The number of hydrogen-bond donors (Lipinski definition) is 1. The molecule has 3 aromatic rings. The molecule has 3 heterocycles. The molecule has 0 saturated carbocycles. The molecule has 25 heavy (non-hydrogen) atoms. The summed E-state index contributed by atoms with van der Waals surface area (Å²) >= 11 is 0. The van der Waals surface area contributed by atoms with Crippen molar-refractivity contribution in [2.45, 2.75) is 6.29 Å². The highest BCUT2D eigenvalue weighted by molar-refractivity contribution is 6.17. The van der Waals surface area contributed by atoms with Crippen LogP contribution in [0.3, 0.4) is 0 Å². The van der Waals surface area contributed by atoms with Crippen molar-refractivity contribution in [2.24, 2.45) is 0 Å². The lowest BCUT2D eigenvalue weighted by molar-refractivity contribution is -0.0547. The second-order valence-electron chi connectivity index (χ2n) is 5.70. The van der Waals surface area contributed by atoms with Crippen LogP contribution in [-0.2, 0) is 9.47 Å². The Bertz CT molecular complexity index is 1230. The van der Waals surface area contributed by atoms with Crippen LogP contribution < -0.4 is 5.43 Å². The summed E-state index contributed by atoms with van der Waals surface area (Å²) in [5.41, 5.74) is -0.0340. The summed E-state index contributed by atoms with van der Waals surface area (Å²) in [7, 11) is 0. The Morgan fingerprint density at radius 2 is 1.36 bits per heavy atom. The van der Waals surface area contributed by atoms with Crippen LogP contribution in [0.5, 0.6) is 0 Å². The highest BCUT2D eigenvalue weighted by atomic mass is 16.6. The first-order chi connectivity index (χ1) is 11.9. The predicted octanol–water partition coefficient (Wildman–Crippen LogP) is 1.42. The van der Waals surface area contributed by atoms with E-state index in [0.717, 1.165) is 0 Å². The van der Waals surface area contributed by atoms with Gasteiger partial charge in [0.05, 0.1) is 27.5 Å². The van der Waals surface area contributed by atoms with Crippen molar-refractivity contribution in [2.75, 3.05) is 0 Å². The zero-order valence-electron chi connectivity index (χ0n) is 12.2. The molecule has 122 valence electrons. The molecule has 0 saturated heterocycles. The number of carbonyl (C=O) groups is 3. The van der Waals surface area contributed by atoms with E-state index in [1.54, 1.807) is 0 Å². The fraction of sp³-hybridized carbons (Fsp3) is 0.0588. The number of aliphatic hydroxyl groups is 1. The van der Waals surface area contributed by atoms with E-state index < -0.39 is 29.6 Å². The number of aliphatic hydroxyl groups excluding tert-OH is 1. The lowest BCUT2D eigenvalue weighted by atomic mass is 10.0. The third-order valence-corrected chi connectivity index (χ3v) is 4.31. The molecule has 0 fully saturated rings. The van der Waals surface area contributed by atoms with E-state index in [0.29, 0.717) is 0 Å². The van der Waals surface area contributed by atoms with Crippen molar-refractivity contribution in [3.05, 3.63) is 56.7 Å². The lowest BCUT2D eigenvalue weighted by Gasteiger charge is -2.05. The average Bonchev–Trinajstić information content (AvgIpc) is 3.01. The minimum atomic E-state index is -1.45. The van der Waals surface area contributed by atoms with Crippen LogP contribution in [0.4, 0.5) is 0 Å². The molecule has 1 atom stereocenters. The average molecular weight is 338 g/mol. The number of esters is 3. The highest BCUT2D eigenvalue weighted by Gasteiger charge is 2.33. The Labute approximate surface area is 137 Å². The van der Waals surface area contributed by atoms with Crippen LogP contribution in [0, 0.1) is 0 Å². The number of benzene rings is 2. The number of ether oxygens (including phenoxy) is 2. The largest absolute Gasteiger partial charge is 0.456 e. The summed E-state index contributed by atoms with van der Waals surface area (Å²) in [6.07, 6.45) is -1.45. The third-order valence-electron chi connectivity index (χ3n) is 4.31. The standard InChI is InChI=1S/C17H6O8/c18-13-9-1-5-7(16(21)24-14(5)19)3-11(9)23-12-4-8-6(2-10(12)13)15(20)25-17(8)22/h1-4,14,19H. The van der Waals surface area contributed by atoms with Crippen molar-refractivity contribution in [3.8, 4) is 0 Å². The predicted molar refractivity (Wildman–Crippen MR) is 80.1 cm³/mol. The van der Waals surface area contributed by atoms with Crippen LogP contribution in [0.2, 0.25) is 0 Å². The monoisotopic (exact) mass is 338 g/mol. The number of fused-ring (bicyclic) bond motifs is 4. The van der Waals surface area contributed by atoms with Crippen molar-refractivity contribution >= 4 is 39.8 Å². The Morgan fingerprint density at radius 1 is 0.760 bits per heavy atom. The number of hydrogen-bond acceptors (Lipinski definition) is 8. The molecule has 0 aliphatic carbocycles. The zero-order valence-corrected chi connectivity index (χ0v) is 12.2. The molecule has 2 aromatic carbocycles. The van der Waals surface area contributed by atoms with Gasteiger partial charge in [-0.1, -0.05) is 0 Å². The fourth-order valence-corrected chi connectivity index (χ4v) is 3.11. The Balaban J connectivity index is 1.91. The van der Waals surface area contributed by atoms with Gasteiger partial charge in [-0.15, -0.1) is 0 Å². The molecular weight excluding hydrogens is 332 g/mol. The smallest absolute Gasteiger partial charge is 0.347 e. The maximum atomic E-state index is 12.8. The molecule has 8 nitrogen and oxygen atoms in total. The summed E-state index contributed by atoms with van der Waals surface area (Å²) < 4.78 is 14.9. The maximum absolute atomic E-state index is 12.8. The van der Waals surface area contributed by atoms with Gasteiger partial charge >= 0.3 is 17.9 Å². The van der Waals surface area contributed by atoms with E-state index >= 15 is 0 Å². The Hall–Kier alpha value is -3.52. The summed E-state index contributed by atoms with van der Waals surface area (Å²) in [5.74, 6) is -2.37. The van der Waals surface area contributed by atoms with E-state index in [1.165, 1.54) is 24.3 Å². The molecule has 1 aromatic heterocycles. The third kappa shape index (κ3) is 1.68. The zero-order chi connectivity index (χ0) is 17.5. The first-order valence-electron chi connectivity index (χ1n) is 7.18. The Morgan fingerprint density at radius 3 is 2.08 bits per heavy atom. The summed E-state index contributed by atoms with van der Waals surface area (Å²) in [6, 6.07) is 5.14. The van der Waals surface area contributed by atoms with Crippen molar-refractivity contribution in [1.82, 2.24) is 0 Å². The quantitative estimate of drug-likeness (QED) is 0.371. The Kier molecular flexibility index (Phi) is 2.39. The molecule has 0 amide bonds. The van der Waals surface area contributed by atoms with Gasteiger partial charge in [0.2, 0.25) is 11.7 Å². The highest BCUT2D eigenvalue weighted by Crippen LogP contribution is 2.33. The molecule has 0 radical (unpaired) electrons. The first-order valence-corrected chi connectivity index (χ1v) is 7.18.